The predicted molar refractivity (Wildman–Crippen MR) is 55.0 cm³/mol. The number of hydrogen-bond donors (Lipinski definition) is 2. The molecule has 3 N–H and O–H groups in total. The van der Waals surface area contributed by atoms with Crippen LogP contribution in [0.4, 0.5) is 5.69 Å². The molecule has 0 radical (unpaired) electrons. The van der Waals surface area contributed by atoms with Crippen LogP contribution in [0.15, 0.2) is 18.2 Å². The number of nitrogens with one attached hydrogen (secondary N) is 1. The van der Waals surface area contributed by atoms with Gasteiger partial charge in [0.1, 0.15) is 11.0 Å². The number of rotatable bonds is 3. The molecule has 1 aromatic heterocycles. The molecule has 0 unspecified atom stereocenters. The summed E-state index contributed by atoms with van der Waals surface area (Å²) >= 11 is 1.23. The first-order valence-electron chi connectivity index (χ1n) is 4.07. The van der Waals surface area contributed by atoms with Crippen molar-refractivity contribution in [2.45, 2.75) is 0 Å². The van der Waals surface area contributed by atoms with Gasteiger partial charge in [0.25, 0.3) is 0 Å². The van der Waals surface area contributed by atoms with Crippen LogP contribution >= 0.6 is 11.7 Å². The molecule has 0 atom stereocenters. The van der Waals surface area contributed by atoms with E-state index in [1.165, 1.54) is 11.7 Å². The molecule has 2 aromatic rings. The fourth-order valence-corrected chi connectivity index (χ4v) is 1.71. The van der Waals surface area contributed by atoms with E-state index in [-0.39, 0.29) is 0 Å². The van der Waals surface area contributed by atoms with Crippen molar-refractivity contribution in [2.24, 2.45) is 5.73 Å². The Morgan fingerprint density at radius 2 is 2.31 bits per heavy atom. The maximum absolute atomic E-state index is 5.40. The maximum atomic E-state index is 5.40. The average Bonchev–Trinajstić information content (AvgIpc) is 2.62. The molecule has 0 aliphatic rings. The lowest BCUT2D eigenvalue weighted by Gasteiger charge is -2.03. The van der Waals surface area contributed by atoms with E-state index in [0.717, 1.165) is 23.3 Å². The number of aromatic nitrogens is 2. The highest BCUT2D eigenvalue weighted by Gasteiger charge is 2.02. The van der Waals surface area contributed by atoms with Crippen LogP contribution in [0.1, 0.15) is 0 Å². The standard InChI is InChI=1S/C8H10N4S/c9-4-5-10-6-2-1-3-7-8(6)12-13-11-7/h1-3,10H,4-5,9H2. The number of hydrogen-bond acceptors (Lipinski definition) is 5. The summed E-state index contributed by atoms with van der Waals surface area (Å²) in [7, 11) is 0. The topological polar surface area (TPSA) is 63.8 Å². The third-order valence-electron chi connectivity index (χ3n) is 1.75. The first-order chi connectivity index (χ1) is 6.42. The van der Waals surface area contributed by atoms with Crippen molar-refractivity contribution < 1.29 is 0 Å². The second-order valence-corrected chi connectivity index (χ2v) is 3.18. The minimum absolute atomic E-state index is 0.619. The minimum atomic E-state index is 0.619. The Labute approximate surface area is 80.1 Å². The van der Waals surface area contributed by atoms with Gasteiger partial charge in [0.2, 0.25) is 0 Å². The third-order valence-corrected chi connectivity index (χ3v) is 2.29. The molecular formula is C8H10N4S. The van der Waals surface area contributed by atoms with Crippen LogP contribution in [-0.2, 0) is 0 Å². The highest BCUT2D eigenvalue weighted by Crippen LogP contribution is 2.20. The Balaban J connectivity index is 2.37. The highest BCUT2D eigenvalue weighted by molar-refractivity contribution is 7.00. The average molecular weight is 194 g/mol. The van der Waals surface area contributed by atoms with Gasteiger partial charge < -0.3 is 11.1 Å². The zero-order valence-electron chi connectivity index (χ0n) is 7.03. The third kappa shape index (κ3) is 1.61. The fraction of sp³-hybridized carbons (Fsp3) is 0.250. The number of nitrogens with zero attached hydrogens (tertiary/aromatic N) is 2. The highest BCUT2D eigenvalue weighted by atomic mass is 32.1. The van der Waals surface area contributed by atoms with E-state index in [4.69, 9.17) is 5.73 Å². The number of nitrogens with two attached hydrogens (primary N) is 1. The van der Waals surface area contributed by atoms with Crippen LogP contribution in [0.25, 0.3) is 11.0 Å². The van der Waals surface area contributed by atoms with Gasteiger partial charge in [-0.25, -0.2) is 0 Å². The smallest absolute Gasteiger partial charge is 0.127 e. The van der Waals surface area contributed by atoms with Crippen LogP contribution in [0.3, 0.4) is 0 Å². The largest absolute Gasteiger partial charge is 0.382 e. The van der Waals surface area contributed by atoms with Crippen molar-refractivity contribution in [1.82, 2.24) is 8.75 Å². The molecule has 4 nitrogen and oxygen atoms in total. The van der Waals surface area contributed by atoms with Gasteiger partial charge in [-0.05, 0) is 12.1 Å². The van der Waals surface area contributed by atoms with Crippen molar-refractivity contribution in [3.63, 3.8) is 0 Å². The number of benzene rings is 1. The Bertz CT molecular complexity index is 398. The zero-order valence-corrected chi connectivity index (χ0v) is 7.84. The van der Waals surface area contributed by atoms with Crippen molar-refractivity contribution >= 4 is 28.4 Å². The zero-order chi connectivity index (χ0) is 9.10. The SMILES string of the molecule is NCCNc1cccc2nsnc12. The van der Waals surface area contributed by atoms with Gasteiger partial charge in [-0.3, -0.25) is 0 Å². The molecule has 0 saturated heterocycles. The summed E-state index contributed by atoms with van der Waals surface area (Å²) in [5, 5.41) is 3.20. The lowest BCUT2D eigenvalue weighted by molar-refractivity contribution is 1.03. The van der Waals surface area contributed by atoms with Gasteiger partial charge in [0, 0.05) is 13.1 Å². The molecular weight excluding hydrogens is 184 g/mol. The molecule has 68 valence electrons. The van der Waals surface area contributed by atoms with Crippen molar-refractivity contribution in [3.05, 3.63) is 18.2 Å². The molecule has 0 saturated carbocycles. The van der Waals surface area contributed by atoms with E-state index in [2.05, 4.69) is 14.1 Å². The van der Waals surface area contributed by atoms with E-state index in [1.54, 1.807) is 0 Å². The van der Waals surface area contributed by atoms with Gasteiger partial charge in [-0.2, -0.15) is 8.75 Å². The van der Waals surface area contributed by atoms with Crippen molar-refractivity contribution in [1.29, 1.82) is 0 Å². The second kappa shape index (κ2) is 3.68. The summed E-state index contributed by atoms with van der Waals surface area (Å²) in [6, 6.07) is 5.90. The van der Waals surface area contributed by atoms with Crippen LogP contribution in [0.2, 0.25) is 0 Å². The molecule has 0 fully saturated rings. The van der Waals surface area contributed by atoms with E-state index >= 15 is 0 Å². The van der Waals surface area contributed by atoms with E-state index in [9.17, 15) is 0 Å². The molecule has 0 bridgehead atoms. The van der Waals surface area contributed by atoms with Crippen molar-refractivity contribution in [2.75, 3.05) is 18.4 Å². The predicted octanol–water partition coefficient (Wildman–Crippen LogP) is 1.06. The summed E-state index contributed by atoms with van der Waals surface area (Å²) < 4.78 is 8.35. The molecule has 0 amide bonds. The normalized spacial score (nSPS) is 10.5. The number of fused-ring (bicyclic) bond motifs is 1. The van der Waals surface area contributed by atoms with Gasteiger partial charge in [0.05, 0.1) is 17.4 Å². The molecule has 1 heterocycles. The molecule has 13 heavy (non-hydrogen) atoms. The summed E-state index contributed by atoms with van der Waals surface area (Å²) in [5.74, 6) is 0. The van der Waals surface area contributed by atoms with E-state index < -0.39 is 0 Å². The quantitative estimate of drug-likeness (QED) is 0.767. The molecule has 0 spiro atoms. The first-order valence-corrected chi connectivity index (χ1v) is 4.80. The summed E-state index contributed by atoms with van der Waals surface area (Å²) in [6.07, 6.45) is 0. The van der Waals surface area contributed by atoms with Gasteiger partial charge in [-0.1, -0.05) is 6.07 Å². The van der Waals surface area contributed by atoms with E-state index in [1.807, 2.05) is 18.2 Å². The Kier molecular flexibility index (Phi) is 2.37. The Morgan fingerprint density at radius 3 is 3.15 bits per heavy atom. The lowest BCUT2D eigenvalue weighted by Crippen LogP contribution is -2.13. The van der Waals surface area contributed by atoms with Gasteiger partial charge in [0.15, 0.2) is 0 Å². The minimum Gasteiger partial charge on any atom is -0.382 e. The molecule has 0 aliphatic heterocycles. The van der Waals surface area contributed by atoms with Crippen LogP contribution < -0.4 is 11.1 Å². The van der Waals surface area contributed by atoms with Crippen molar-refractivity contribution in [3.8, 4) is 0 Å². The Hall–Kier alpha value is -1.20. The first kappa shape index (κ1) is 8.40. The van der Waals surface area contributed by atoms with Gasteiger partial charge >= 0.3 is 0 Å². The molecule has 1 aromatic carbocycles. The summed E-state index contributed by atoms with van der Waals surface area (Å²) in [4.78, 5) is 0. The van der Waals surface area contributed by atoms with Crippen LogP contribution in [-0.4, -0.2) is 21.8 Å². The maximum Gasteiger partial charge on any atom is 0.127 e. The monoisotopic (exact) mass is 194 g/mol. The van der Waals surface area contributed by atoms with Crippen LogP contribution in [0, 0.1) is 0 Å². The van der Waals surface area contributed by atoms with Crippen LogP contribution in [0.5, 0.6) is 0 Å². The Morgan fingerprint density at radius 1 is 1.38 bits per heavy atom. The second-order valence-electron chi connectivity index (χ2n) is 2.65. The number of anilines is 1. The lowest BCUT2D eigenvalue weighted by atomic mass is 10.2. The molecule has 5 heteroatoms. The van der Waals surface area contributed by atoms with E-state index in [0.29, 0.717) is 6.54 Å². The summed E-state index contributed by atoms with van der Waals surface area (Å²) in [6.45, 7) is 1.38. The fourth-order valence-electron chi connectivity index (χ4n) is 1.16. The van der Waals surface area contributed by atoms with Gasteiger partial charge in [-0.15, -0.1) is 0 Å². The molecule has 0 aliphatic carbocycles. The molecule has 2 rings (SSSR count). The summed E-state index contributed by atoms with van der Waals surface area (Å²) in [5.41, 5.74) is 8.28.